The number of carbonyl (C=O) groups is 1. The van der Waals surface area contributed by atoms with E-state index in [1.165, 1.54) is 12.2 Å². The van der Waals surface area contributed by atoms with Crippen LogP contribution in [0, 0.1) is 0 Å². The summed E-state index contributed by atoms with van der Waals surface area (Å²) < 4.78 is 16.4. The van der Waals surface area contributed by atoms with Crippen molar-refractivity contribution in [3.8, 4) is 5.75 Å². The number of hydroxylamine groups is 2. The summed E-state index contributed by atoms with van der Waals surface area (Å²) in [5.41, 5.74) is 2.15. The fraction of sp³-hybridized carbons (Fsp3) is 0.667. The molecule has 0 radical (unpaired) electrons. The topological polar surface area (TPSA) is 57.2 Å². The Balaban J connectivity index is 3.46. The molecule has 154 valence electrons. The minimum atomic E-state index is -0.263. The first-order valence-corrected chi connectivity index (χ1v) is 9.14. The number of methoxy groups -OCH3 is 1. The zero-order valence-corrected chi connectivity index (χ0v) is 18.3. The van der Waals surface area contributed by atoms with E-state index < -0.39 is 0 Å². The van der Waals surface area contributed by atoms with E-state index in [2.05, 4.69) is 47.6 Å². The summed E-state index contributed by atoms with van der Waals surface area (Å²) in [5.74, 6) is 0.266. The molecular weight excluding hydrogens is 346 g/mol. The monoisotopic (exact) mass is 381 g/mol. The van der Waals surface area contributed by atoms with Crippen molar-refractivity contribution in [1.82, 2.24) is 5.06 Å². The molecule has 0 atom stereocenters. The van der Waals surface area contributed by atoms with Crippen LogP contribution in [-0.4, -0.2) is 52.2 Å². The quantitative estimate of drug-likeness (QED) is 0.388. The smallest absolute Gasteiger partial charge is 0.280 e. The van der Waals surface area contributed by atoms with E-state index in [0.717, 1.165) is 11.1 Å². The number of hydrogen-bond acceptors (Lipinski definition) is 5. The normalized spacial score (nSPS) is 12.2. The van der Waals surface area contributed by atoms with E-state index in [-0.39, 0.29) is 23.5 Å². The molecule has 6 heteroatoms. The molecule has 1 aromatic carbocycles. The van der Waals surface area contributed by atoms with Crippen molar-refractivity contribution in [2.75, 3.05) is 41.3 Å². The molecule has 0 saturated carbocycles. The fourth-order valence-electron chi connectivity index (χ4n) is 2.49. The summed E-state index contributed by atoms with van der Waals surface area (Å²) in [6.07, 6.45) is 0. The average molecular weight is 382 g/mol. The van der Waals surface area contributed by atoms with Gasteiger partial charge in [-0.3, -0.25) is 9.63 Å². The molecule has 0 aliphatic carbocycles. The van der Waals surface area contributed by atoms with Crippen LogP contribution in [0.5, 0.6) is 5.75 Å². The van der Waals surface area contributed by atoms with Crippen LogP contribution >= 0.6 is 0 Å². The number of rotatable bonds is 8. The van der Waals surface area contributed by atoms with Crippen molar-refractivity contribution in [1.29, 1.82) is 0 Å². The summed E-state index contributed by atoms with van der Waals surface area (Å²) >= 11 is 0. The van der Waals surface area contributed by atoms with Gasteiger partial charge >= 0.3 is 0 Å². The second-order valence-electron chi connectivity index (χ2n) is 8.55. The standard InChI is InChI=1S/C21H35NO5/c1-20(2,3)15-12-16(19(23)22(7)25-9)18(17(13-15)21(4,5)6)27-14-26-11-10-24-8/h12-13H,10-11,14H2,1-9H3. The predicted molar refractivity (Wildman–Crippen MR) is 106 cm³/mol. The highest BCUT2D eigenvalue weighted by atomic mass is 16.7. The van der Waals surface area contributed by atoms with E-state index in [9.17, 15) is 4.79 Å². The van der Waals surface area contributed by atoms with Gasteiger partial charge in [-0.2, -0.15) is 0 Å². The van der Waals surface area contributed by atoms with Crippen LogP contribution in [0.25, 0.3) is 0 Å². The van der Waals surface area contributed by atoms with Crippen molar-refractivity contribution in [3.05, 3.63) is 28.8 Å². The average Bonchev–Trinajstić information content (AvgIpc) is 2.58. The van der Waals surface area contributed by atoms with Crippen LogP contribution in [0.2, 0.25) is 0 Å². The van der Waals surface area contributed by atoms with E-state index >= 15 is 0 Å². The first-order valence-electron chi connectivity index (χ1n) is 9.14. The Bertz CT molecular complexity index is 629. The molecule has 0 N–H and O–H groups in total. The van der Waals surface area contributed by atoms with Gasteiger partial charge in [-0.1, -0.05) is 47.6 Å². The lowest BCUT2D eigenvalue weighted by molar-refractivity contribution is -0.0761. The van der Waals surface area contributed by atoms with Crippen LogP contribution in [0.4, 0.5) is 0 Å². The molecule has 0 heterocycles. The van der Waals surface area contributed by atoms with Crippen LogP contribution in [0.15, 0.2) is 12.1 Å². The molecule has 6 nitrogen and oxygen atoms in total. The van der Waals surface area contributed by atoms with Gasteiger partial charge in [0.25, 0.3) is 5.91 Å². The Labute approximate surface area is 163 Å². The van der Waals surface area contributed by atoms with E-state index in [4.69, 9.17) is 19.0 Å². The Morgan fingerprint density at radius 3 is 2.11 bits per heavy atom. The zero-order chi connectivity index (χ0) is 20.8. The van der Waals surface area contributed by atoms with E-state index in [1.807, 2.05) is 6.07 Å². The third-order valence-electron chi connectivity index (χ3n) is 4.27. The van der Waals surface area contributed by atoms with Crippen LogP contribution in [0.3, 0.4) is 0 Å². The van der Waals surface area contributed by atoms with E-state index in [1.54, 1.807) is 14.2 Å². The van der Waals surface area contributed by atoms with Gasteiger partial charge in [0.05, 0.1) is 25.9 Å². The van der Waals surface area contributed by atoms with Crippen molar-refractivity contribution in [2.45, 2.75) is 52.4 Å². The first-order chi connectivity index (χ1) is 12.4. The maximum atomic E-state index is 13.0. The molecule has 0 aliphatic heterocycles. The Kier molecular flexibility index (Phi) is 8.26. The van der Waals surface area contributed by atoms with Crippen LogP contribution in [0.1, 0.15) is 63.0 Å². The summed E-state index contributed by atoms with van der Waals surface area (Å²) in [7, 11) is 4.66. The lowest BCUT2D eigenvalue weighted by Gasteiger charge is -2.29. The Morgan fingerprint density at radius 1 is 1.00 bits per heavy atom. The first kappa shape index (κ1) is 23.4. The van der Waals surface area contributed by atoms with Gasteiger partial charge in [0.1, 0.15) is 5.75 Å². The number of carbonyl (C=O) groups excluding carboxylic acids is 1. The molecule has 0 bridgehead atoms. The summed E-state index contributed by atoms with van der Waals surface area (Å²) in [5, 5.41) is 1.20. The largest absolute Gasteiger partial charge is 0.466 e. The lowest BCUT2D eigenvalue weighted by Crippen LogP contribution is -2.28. The van der Waals surface area contributed by atoms with Gasteiger partial charge in [-0.15, -0.1) is 0 Å². The number of nitrogens with zero attached hydrogens (tertiary/aromatic N) is 1. The predicted octanol–water partition coefficient (Wildman–Crippen LogP) is 3.91. The maximum absolute atomic E-state index is 13.0. The maximum Gasteiger partial charge on any atom is 0.280 e. The van der Waals surface area contributed by atoms with Crippen molar-refractivity contribution in [3.63, 3.8) is 0 Å². The summed E-state index contributed by atoms with van der Waals surface area (Å²) in [4.78, 5) is 18.1. The molecule has 0 saturated heterocycles. The molecule has 27 heavy (non-hydrogen) atoms. The van der Waals surface area contributed by atoms with Gasteiger partial charge in [-0.05, 0) is 22.5 Å². The van der Waals surface area contributed by atoms with Crippen molar-refractivity contribution >= 4 is 5.91 Å². The lowest BCUT2D eigenvalue weighted by atomic mass is 9.78. The second kappa shape index (κ2) is 9.53. The molecule has 0 spiro atoms. The minimum Gasteiger partial charge on any atom is -0.466 e. The van der Waals surface area contributed by atoms with Crippen molar-refractivity contribution < 1.29 is 23.8 Å². The number of ether oxygens (including phenoxy) is 3. The van der Waals surface area contributed by atoms with E-state index in [0.29, 0.717) is 24.5 Å². The molecule has 0 unspecified atom stereocenters. The number of amides is 1. The van der Waals surface area contributed by atoms with Crippen LogP contribution < -0.4 is 4.74 Å². The Hall–Kier alpha value is -1.63. The molecule has 1 aromatic rings. The summed E-state index contributed by atoms with van der Waals surface area (Å²) in [6, 6.07) is 4.01. The molecule has 0 aliphatic rings. The summed E-state index contributed by atoms with van der Waals surface area (Å²) in [6.45, 7) is 13.6. The molecule has 1 amide bonds. The molecule has 0 aromatic heterocycles. The second-order valence-corrected chi connectivity index (χ2v) is 8.55. The van der Waals surface area contributed by atoms with Gasteiger partial charge < -0.3 is 14.2 Å². The highest BCUT2D eigenvalue weighted by Crippen LogP contribution is 2.39. The van der Waals surface area contributed by atoms with Gasteiger partial charge in [0, 0.05) is 19.7 Å². The van der Waals surface area contributed by atoms with Crippen LogP contribution in [-0.2, 0) is 25.1 Å². The third kappa shape index (κ3) is 6.48. The zero-order valence-electron chi connectivity index (χ0n) is 18.3. The highest BCUT2D eigenvalue weighted by Gasteiger charge is 2.29. The highest BCUT2D eigenvalue weighted by molar-refractivity contribution is 5.97. The SMILES string of the molecule is COCCOCOc1c(C(=O)N(C)OC)cc(C(C)(C)C)cc1C(C)(C)C. The van der Waals surface area contributed by atoms with Crippen molar-refractivity contribution in [2.24, 2.45) is 0 Å². The Morgan fingerprint density at radius 2 is 1.63 bits per heavy atom. The fourth-order valence-corrected chi connectivity index (χ4v) is 2.49. The molecule has 1 rings (SSSR count). The van der Waals surface area contributed by atoms with Gasteiger partial charge in [0.2, 0.25) is 0 Å². The molecular formula is C21H35NO5. The number of hydrogen-bond donors (Lipinski definition) is 0. The minimum absolute atomic E-state index is 0.0400. The van der Waals surface area contributed by atoms with Gasteiger partial charge in [-0.25, -0.2) is 5.06 Å². The number of benzene rings is 1. The van der Waals surface area contributed by atoms with Gasteiger partial charge in [0.15, 0.2) is 6.79 Å². The molecule has 0 fully saturated rings. The third-order valence-corrected chi connectivity index (χ3v) is 4.27.